The van der Waals surface area contributed by atoms with Gasteiger partial charge in [-0.1, -0.05) is 6.92 Å². The van der Waals surface area contributed by atoms with E-state index in [1.807, 2.05) is 24.3 Å². The van der Waals surface area contributed by atoms with E-state index in [4.69, 9.17) is 15.0 Å². The molecule has 0 spiro atoms. The lowest BCUT2D eigenvalue weighted by molar-refractivity contribution is 0.317. The largest absolute Gasteiger partial charge is 0.494 e. The van der Waals surface area contributed by atoms with Crippen molar-refractivity contribution in [2.45, 2.75) is 13.3 Å². The average Bonchev–Trinajstić information content (AvgIpc) is 2.74. The maximum absolute atomic E-state index is 5.46. The molecule has 5 heteroatoms. The van der Waals surface area contributed by atoms with Crippen LogP contribution in [-0.4, -0.2) is 16.7 Å². The highest BCUT2D eigenvalue weighted by Crippen LogP contribution is 2.21. The minimum Gasteiger partial charge on any atom is -0.494 e. The minimum absolute atomic E-state index is 0.140. The predicted octanol–water partition coefficient (Wildman–Crippen LogP) is 2.11. The number of ether oxygens (including phenoxy) is 1. The zero-order chi connectivity index (χ0) is 11.4. The number of nitrogens with zero attached hydrogens (tertiary/aromatic N) is 2. The summed E-state index contributed by atoms with van der Waals surface area (Å²) in [5, 5.41) is 3.53. The van der Waals surface area contributed by atoms with Crippen molar-refractivity contribution in [2.75, 3.05) is 12.3 Å². The van der Waals surface area contributed by atoms with Crippen LogP contribution in [0.1, 0.15) is 13.3 Å². The van der Waals surface area contributed by atoms with Gasteiger partial charge in [0.05, 0.1) is 6.61 Å². The van der Waals surface area contributed by atoms with Gasteiger partial charge in [-0.3, -0.25) is 0 Å². The zero-order valence-electron chi connectivity index (χ0n) is 9.01. The highest BCUT2D eigenvalue weighted by molar-refractivity contribution is 5.55. The van der Waals surface area contributed by atoms with Crippen LogP contribution in [0, 0.1) is 0 Å². The van der Waals surface area contributed by atoms with Gasteiger partial charge in [-0.25, -0.2) is 0 Å². The standard InChI is InChI=1S/C11H13N3O2/c1-2-7-15-9-5-3-8(4-6-9)10-13-11(12)14-16-10/h3-6H,2,7H2,1H3,(H2,12,14). The van der Waals surface area contributed by atoms with Gasteiger partial charge >= 0.3 is 0 Å². The van der Waals surface area contributed by atoms with Gasteiger partial charge in [-0.05, 0) is 35.8 Å². The van der Waals surface area contributed by atoms with Crippen LogP contribution in [-0.2, 0) is 0 Å². The summed E-state index contributed by atoms with van der Waals surface area (Å²) >= 11 is 0. The van der Waals surface area contributed by atoms with E-state index in [1.165, 1.54) is 0 Å². The maximum atomic E-state index is 5.46. The van der Waals surface area contributed by atoms with E-state index in [1.54, 1.807) is 0 Å². The first-order valence-electron chi connectivity index (χ1n) is 5.12. The summed E-state index contributed by atoms with van der Waals surface area (Å²) in [6.45, 7) is 2.78. The van der Waals surface area contributed by atoms with Crippen molar-refractivity contribution >= 4 is 5.95 Å². The quantitative estimate of drug-likeness (QED) is 0.852. The lowest BCUT2D eigenvalue weighted by atomic mass is 10.2. The Labute approximate surface area is 93.2 Å². The zero-order valence-corrected chi connectivity index (χ0v) is 9.01. The first-order chi connectivity index (χ1) is 7.79. The number of anilines is 1. The Morgan fingerprint density at radius 2 is 2.06 bits per heavy atom. The van der Waals surface area contributed by atoms with Gasteiger partial charge in [0.2, 0.25) is 0 Å². The van der Waals surface area contributed by atoms with Crippen LogP contribution in [0.15, 0.2) is 28.8 Å². The first-order valence-corrected chi connectivity index (χ1v) is 5.12. The summed E-state index contributed by atoms with van der Waals surface area (Å²) in [6.07, 6.45) is 0.988. The van der Waals surface area contributed by atoms with Crippen molar-refractivity contribution < 1.29 is 9.26 Å². The molecule has 0 saturated heterocycles. The number of nitrogen functional groups attached to an aromatic ring is 1. The molecule has 1 aromatic heterocycles. The molecule has 0 fully saturated rings. The molecule has 16 heavy (non-hydrogen) atoms. The third-order valence-corrected chi connectivity index (χ3v) is 2.02. The fourth-order valence-electron chi connectivity index (χ4n) is 1.27. The Morgan fingerprint density at radius 1 is 1.31 bits per heavy atom. The number of hydrogen-bond donors (Lipinski definition) is 1. The van der Waals surface area contributed by atoms with Gasteiger partial charge in [0.15, 0.2) is 0 Å². The van der Waals surface area contributed by atoms with Crippen LogP contribution >= 0.6 is 0 Å². The third kappa shape index (κ3) is 2.31. The van der Waals surface area contributed by atoms with E-state index < -0.39 is 0 Å². The molecule has 84 valence electrons. The molecule has 0 unspecified atom stereocenters. The van der Waals surface area contributed by atoms with E-state index in [2.05, 4.69) is 17.1 Å². The molecular weight excluding hydrogens is 206 g/mol. The maximum Gasteiger partial charge on any atom is 0.261 e. The molecule has 0 amide bonds. The Balaban J connectivity index is 2.13. The Kier molecular flexibility index (Phi) is 3.05. The molecule has 2 rings (SSSR count). The summed E-state index contributed by atoms with van der Waals surface area (Å²) in [4.78, 5) is 3.93. The Morgan fingerprint density at radius 3 is 2.62 bits per heavy atom. The second-order valence-electron chi connectivity index (χ2n) is 3.33. The van der Waals surface area contributed by atoms with E-state index >= 15 is 0 Å². The van der Waals surface area contributed by atoms with Crippen LogP contribution in [0.2, 0.25) is 0 Å². The van der Waals surface area contributed by atoms with Crippen LogP contribution in [0.3, 0.4) is 0 Å². The highest BCUT2D eigenvalue weighted by atomic mass is 16.5. The van der Waals surface area contributed by atoms with Crippen molar-refractivity contribution in [1.29, 1.82) is 0 Å². The molecule has 5 nitrogen and oxygen atoms in total. The van der Waals surface area contributed by atoms with Crippen molar-refractivity contribution in [3.05, 3.63) is 24.3 Å². The molecule has 0 aliphatic carbocycles. The van der Waals surface area contributed by atoms with Crippen LogP contribution in [0.4, 0.5) is 5.95 Å². The molecule has 2 aromatic rings. The van der Waals surface area contributed by atoms with E-state index in [0.29, 0.717) is 12.5 Å². The summed E-state index contributed by atoms with van der Waals surface area (Å²) in [7, 11) is 0. The molecule has 0 bridgehead atoms. The van der Waals surface area contributed by atoms with E-state index in [9.17, 15) is 0 Å². The van der Waals surface area contributed by atoms with E-state index in [-0.39, 0.29) is 5.95 Å². The SMILES string of the molecule is CCCOc1ccc(-c2nc(N)no2)cc1. The molecular formula is C11H13N3O2. The lowest BCUT2D eigenvalue weighted by Crippen LogP contribution is -1.94. The first kappa shape index (κ1) is 10.5. The summed E-state index contributed by atoms with van der Waals surface area (Å²) in [5.41, 5.74) is 6.20. The number of benzene rings is 1. The second-order valence-corrected chi connectivity index (χ2v) is 3.33. The fraction of sp³-hybridized carbons (Fsp3) is 0.273. The second kappa shape index (κ2) is 4.65. The number of hydrogen-bond acceptors (Lipinski definition) is 5. The van der Waals surface area contributed by atoms with Gasteiger partial charge in [-0.15, -0.1) is 0 Å². The summed E-state index contributed by atoms with van der Waals surface area (Å²) in [5.74, 6) is 1.39. The van der Waals surface area contributed by atoms with Gasteiger partial charge in [0, 0.05) is 5.56 Å². The average molecular weight is 219 g/mol. The van der Waals surface area contributed by atoms with Crippen LogP contribution in [0.25, 0.3) is 11.5 Å². The highest BCUT2D eigenvalue weighted by Gasteiger charge is 2.06. The minimum atomic E-state index is 0.140. The van der Waals surface area contributed by atoms with Crippen LogP contribution in [0.5, 0.6) is 5.75 Å². The third-order valence-electron chi connectivity index (χ3n) is 2.02. The number of rotatable bonds is 4. The van der Waals surface area contributed by atoms with Crippen molar-refractivity contribution in [1.82, 2.24) is 10.1 Å². The van der Waals surface area contributed by atoms with Crippen molar-refractivity contribution in [3.8, 4) is 17.2 Å². The van der Waals surface area contributed by atoms with Crippen molar-refractivity contribution in [3.63, 3.8) is 0 Å². The van der Waals surface area contributed by atoms with Gasteiger partial charge in [-0.2, -0.15) is 4.98 Å². The van der Waals surface area contributed by atoms with Crippen molar-refractivity contribution in [2.24, 2.45) is 0 Å². The molecule has 0 aliphatic heterocycles. The fourth-order valence-corrected chi connectivity index (χ4v) is 1.27. The molecule has 1 heterocycles. The molecule has 0 aliphatic rings. The molecule has 0 saturated carbocycles. The smallest absolute Gasteiger partial charge is 0.261 e. The van der Waals surface area contributed by atoms with Gasteiger partial charge in [0.25, 0.3) is 11.8 Å². The van der Waals surface area contributed by atoms with E-state index in [0.717, 1.165) is 17.7 Å². The summed E-state index contributed by atoms with van der Waals surface area (Å²) in [6, 6.07) is 7.45. The normalized spacial score (nSPS) is 10.3. The molecule has 2 N–H and O–H groups in total. The Hall–Kier alpha value is -2.04. The van der Waals surface area contributed by atoms with Gasteiger partial charge < -0.3 is 15.0 Å². The molecule has 0 atom stereocenters. The predicted molar refractivity (Wildman–Crippen MR) is 59.9 cm³/mol. The topological polar surface area (TPSA) is 74.2 Å². The number of aromatic nitrogens is 2. The lowest BCUT2D eigenvalue weighted by Gasteiger charge is -2.03. The Bertz CT molecular complexity index is 451. The van der Waals surface area contributed by atoms with Crippen LogP contribution < -0.4 is 10.5 Å². The summed E-state index contributed by atoms with van der Waals surface area (Å²) < 4.78 is 10.4. The monoisotopic (exact) mass is 219 g/mol. The molecule has 0 radical (unpaired) electrons. The number of nitrogens with two attached hydrogens (primary N) is 1. The molecule has 1 aromatic carbocycles. The van der Waals surface area contributed by atoms with Gasteiger partial charge in [0.1, 0.15) is 5.75 Å².